The van der Waals surface area contributed by atoms with Crippen LogP contribution < -0.4 is 5.32 Å². The number of hydrogen-bond acceptors (Lipinski definition) is 5. The lowest BCUT2D eigenvalue weighted by molar-refractivity contribution is -0.120. The van der Waals surface area contributed by atoms with Crippen LogP contribution in [0.2, 0.25) is 0 Å². The number of aryl methyl sites for hydroxylation is 1. The smallest absolute Gasteiger partial charge is 0.242 e. The lowest BCUT2D eigenvalue weighted by Crippen LogP contribution is -2.43. The van der Waals surface area contributed by atoms with E-state index in [9.17, 15) is 9.18 Å². The molecule has 3 rings (SSSR count). The molecule has 0 radical (unpaired) electrons. The van der Waals surface area contributed by atoms with E-state index in [1.165, 1.54) is 6.07 Å². The molecule has 2 heterocycles. The van der Waals surface area contributed by atoms with Gasteiger partial charge in [0.15, 0.2) is 5.82 Å². The minimum absolute atomic E-state index is 0.0964. The highest BCUT2D eigenvalue weighted by Crippen LogP contribution is 2.14. The van der Waals surface area contributed by atoms with Gasteiger partial charge in [-0.15, -0.1) is 0 Å². The van der Waals surface area contributed by atoms with Gasteiger partial charge in [0, 0.05) is 37.8 Å². The van der Waals surface area contributed by atoms with Crippen LogP contribution in [0.25, 0.3) is 0 Å². The van der Waals surface area contributed by atoms with Crippen molar-refractivity contribution in [3.8, 4) is 0 Å². The van der Waals surface area contributed by atoms with Crippen LogP contribution in [0.15, 0.2) is 34.9 Å². The topological polar surface area (TPSA) is 61.6 Å². The molecule has 0 saturated carbocycles. The van der Waals surface area contributed by atoms with Crippen molar-refractivity contribution in [2.45, 2.75) is 32.9 Å². The summed E-state index contributed by atoms with van der Waals surface area (Å²) in [5.74, 6) is 0.840. The Morgan fingerprint density at radius 1 is 1.31 bits per heavy atom. The van der Waals surface area contributed by atoms with E-state index < -0.39 is 0 Å². The quantitative estimate of drug-likeness (QED) is 0.888. The molecular formula is C19H25FN4O2. The van der Waals surface area contributed by atoms with Crippen molar-refractivity contribution >= 4 is 11.7 Å². The first-order valence-electron chi connectivity index (χ1n) is 8.97. The zero-order valence-electron chi connectivity index (χ0n) is 15.2. The summed E-state index contributed by atoms with van der Waals surface area (Å²) >= 11 is 0. The number of benzene rings is 1. The molecule has 1 aromatic carbocycles. The third kappa shape index (κ3) is 4.68. The first-order valence-corrected chi connectivity index (χ1v) is 8.97. The molecule has 1 saturated heterocycles. The van der Waals surface area contributed by atoms with E-state index in [0.29, 0.717) is 23.7 Å². The van der Waals surface area contributed by atoms with Gasteiger partial charge in [0.05, 0.1) is 6.04 Å². The van der Waals surface area contributed by atoms with Crippen LogP contribution in [0.4, 0.5) is 10.2 Å². The van der Waals surface area contributed by atoms with E-state index in [-0.39, 0.29) is 17.8 Å². The molecule has 1 aliphatic heterocycles. The van der Waals surface area contributed by atoms with Crippen LogP contribution in [-0.4, -0.2) is 53.1 Å². The number of anilines is 1. The molecule has 1 amide bonds. The minimum atomic E-state index is -0.264. The Morgan fingerprint density at radius 3 is 2.85 bits per heavy atom. The highest BCUT2D eigenvalue weighted by molar-refractivity contribution is 5.93. The second-order valence-electron chi connectivity index (χ2n) is 6.75. The van der Waals surface area contributed by atoms with Crippen LogP contribution in [-0.2, 0) is 11.3 Å². The Hall–Kier alpha value is -2.25. The van der Waals surface area contributed by atoms with Crippen LogP contribution in [0.5, 0.6) is 0 Å². The summed E-state index contributed by atoms with van der Waals surface area (Å²) in [7, 11) is 0. The van der Waals surface area contributed by atoms with Crippen LogP contribution in [0.1, 0.15) is 24.7 Å². The fraction of sp³-hybridized carbons (Fsp3) is 0.474. The van der Waals surface area contributed by atoms with E-state index in [2.05, 4.69) is 20.3 Å². The summed E-state index contributed by atoms with van der Waals surface area (Å²) < 4.78 is 18.8. The number of nitrogens with zero attached hydrogens (tertiary/aromatic N) is 3. The number of amides is 1. The summed E-state index contributed by atoms with van der Waals surface area (Å²) in [5, 5.41) is 6.59. The van der Waals surface area contributed by atoms with Crippen molar-refractivity contribution in [1.82, 2.24) is 15.0 Å². The second kappa shape index (κ2) is 8.42. The van der Waals surface area contributed by atoms with Gasteiger partial charge in [0.25, 0.3) is 0 Å². The average Bonchev–Trinajstić information content (AvgIpc) is 2.89. The van der Waals surface area contributed by atoms with E-state index in [0.717, 1.165) is 32.6 Å². The predicted molar refractivity (Wildman–Crippen MR) is 97.2 cm³/mol. The second-order valence-corrected chi connectivity index (χ2v) is 6.75. The van der Waals surface area contributed by atoms with Crippen LogP contribution in [0.3, 0.4) is 0 Å². The van der Waals surface area contributed by atoms with Gasteiger partial charge >= 0.3 is 0 Å². The number of aromatic nitrogens is 1. The molecule has 6 nitrogen and oxygen atoms in total. The van der Waals surface area contributed by atoms with Gasteiger partial charge in [0.2, 0.25) is 5.91 Å². The molecule has 2 aromatic rings. The van der Waals surface area contributed by atoms with Crippen molar-refractivity contribution in [2.24, 2.45) is 0 Å². The largest absolute Gasteiger partial charge is 0.360 e. The fourth-order valence-corrected chi connectivity index (χ4v) is 3.23. The number of rotatable bonds is 5. The molecule has 1 aliphatic rings. The van der Waals surface area contributed by atoms with E-state index >= 15 is 0 Å². The molecule has 1 fully saturated rings. The molecule has 1 unspecified atom stereocenters. The monoisotopic (exact) mass is 360 g/mol. The highest BCUT2D eigenvalue weighted by Gasteiger charge is 2.25. The zero-order valence-corrected chi connectivity index (χ0v) is 15.2. The van der Waals surface area contributed by atoms with Crippen molar-refractivity contribution in [3.05, 3.63) is 47.5 Å². The van der Waals surface area contributed by atoms with Gasteiger partial charge in [-0.1, -0.05) is 23.4 Å². The molecule has 0 spiro atoms. The normalized spacial score (nSPS) is 17.7. The lowest BCUT2D eigenvalue weighted by Gasteiger charge is -2.26. The Kier molecular flexibility index (Phi) is 6.00. The number of carbonyl (C=O) groups is 1. The third-order valence-corrected chi connectivity index (χ3v) is 4.78. The lowest BCUT2D eigenvalue weighted by atomic mass is 10.2. The molecule has 0 aliphatic carbocycles. The van der Waals surface area contributed by atoms with Gasteiger partial charge in [0.1, 0.15) is 11.6 Å². The van der Waals surface area contributed by atoms with Crippen LogP contribution in [0, 0.1) is 12.7 Å². The Labute approximate surface area is 152 Å². The van der Waals surface area contributed by atoms with Crippen molar-refractivity contribution in [1.29, 1.82) is 0 Å². The SMILES string of the molecule is Cc1cc(NC(=O)C(C)N2CCCN(Cc3ccccc3F)CC2)no1. The molecule has 0 bridgehead atoms. The Balaban J connectivity index is 1.54. The van der Waals surface area contributed by atoms with Gasteiger partial charge in [-0.3, -0.25) is 14.6 Å². The average molecular weight is 360 g/mol. The summed E-state index contributed by atoms with van der Waals surface area (Å²) in [6.45, 7) is 7.57. The molecule has 1 atom stereocenters. The van der Waals surface area contributed by atoms with Gasteiger partial charge in [-0.05, 0) is 32.9 Å². The number of hydrogen-bond donors (Lipinski definition) is 1. The fourth-order valence-electron chi connectivity index (χ4n) is 3.23. The summed E-state index contributed by atoms with van der Waals surface area (Å²) in [5.41, 5.74) is 0.716. The van der Waals surface area contributed by atoms with E-state index in [4.69, 9.17) is 4.52 Å². The predicted octanol–water partition coefficient (Wildman–Crippen LogP) is 2.66. The Bertz CT molecular complexity index is 749. The molecular weight excluding hydrogens is 335 g/mol. The van der Waals surface area contributed by atoms with Gasteiger partial charge in [-0.2, -0.15) is 0 Å². The summed E-state index contributed by atoms with van der Waals surface area (Å²) in [6, 6.07) is 8.33. The van der Waals surface area contributed by atoms with E-state index in [1.807, 2.05) is 19.1 Å². The van der Waals surface area contributed by atoms with Gasteiger partial charge in [-0.25, -0.2) is 4.39 Å². The molecule has 26 heavy (non-hydrogen) atoms. The maximum atomic E-state index is 13.9. The highest BCUT2D eigenvalue weighted by atomic mass is 19.1. The first-order chi connectivity index (χ1) is 12.5. The van der Waals surface area contributed by atoms with Crippen molar-refractivity contribution < 1.29 is 13.7 Å². The molecule has 1 aromatic heterocycles. The maximum absolute atomic E-state index is 13.9. The van der Waals surface area contributed by atoms with Crippen LogP contribution >= 0.6 is 0 Å². The van der Waals surface area contributed by atoms with Crippen molar-refractivity contribution in [3.63, 3.8) is 0 Å². The molecule has 140 valence electrons. The minimum Gasteiger partial charge on any atom is -0.360 e. The first kappa shape index (κ1) is 18.5. The summed E-state index contributed by atoms with van der Waals surface area (Å²) in [6.07, 6.45) is 0.940. The van der Waals surface area contributed by atoms with Gasteiger partial charge < -0.3 is 9.84 Å². The molecule has 1 N–H and O–H groups in total. The number of carbonyl (C=O) groups excluding carboxylic acids is 1. The standard InChI is InChI=1S/C19H25FN4O2/c1-14-12-18(22-26-14)21-19(25)15(2)24-9-5-8-23(10-11-24)13-16-6-3-4-7-17(16)20/h3-4,6-7,12,15H,5,8-11,13H2,1-2H3,(H,21,22,25). The van der Waals surface area contributed by atoms with E-state index in [1.54, 1.807) is 19.1 Å². The summed E-state index contributed by atoms with van der Waals surface area (Å²) in [4.78, 5) is 16.8. The number of halogens is 1. The van der Waals surface area contributed by atoms with Crippen molar-refractivity contribution in [2.75, 3.05) is 31.5 Å². The Morgan fingerprint density at radius 2 is 2.12 bits per heavy atom. The molecule has 7 heteroatoms. The third-order valence-electron chi connectivity index (χ3n) is 4.78. The number of nitrogens with one attached hydrogen (secondary N) is 1. The maximum Gasteiger partial charge on any atom is 0.242 e. The zero-order chi connectivity index (χ0) is 18.5.